The van der Waals surface area contributed by atoms with Gasteiger partial charge in [0.25, 0.3) is 5.56 Å². The molecule has 0 aliphatic rings. The molecule has 0 unspecified atom stereocenters. The lowest BCUT2D eigenvalue weighted by Crippen LogP contribution is -2.13. The minimum absolute atomic E-state index is 0.217. The van der Waals surface area contributed by atoms with Crippen LogP contribution in [0.2, 0.25) is 5.02 Å². The second-order valence-electron chi connectivity index (χ2n) is 6.88. The number of fused-ring (bicyclic) bond motifs is 1. The first-order chi connectivity index (χ1) is 13.4. The van der Waals surface area contributed by atoms with Crippen molar-refractivity contribution in [3.05, 3.63) is 92.4 Å². The third kappa shape index (κ3) is 3.66. The molecule has 4 nitrogen and oxygen atoms in total. The first-order valence-corrected chi connectivity index (χ1v) is 9.18. The maximum atomic E-state index is 13.6. The van der Waals surface area contributed by atoms with Gasteiger partial charge in [-0.15, -0.1) is 0 Å². The average molecular weight is 394 g/mol. The molecule has 4 aromatic rings. The molecule has 6 heteroatoms. The molecule has 140 valence electrons. The molecular weight excluding hydrogens is 377 g/mol. The number of nitrogens with zero attached hydrogens (tertiary/aromatic N) is 2. The van der Waals surface area contributed by atoms with Gasteiger partial charge in [0.05, 0.1) is 16.6 Å². The zero-order chi connectivity index (χ0) is 19.8. The quantitative estimate of drug-likeness (QED) is 0.533. The van der Waals surface area contributed by atoms with Crippen LogP contribution in [0.25, 0.3) is 22.2 Å². The minimum Gasteiger partial charge on any atom is -0.310 e. The van der Waals surface area contributed by atoms with Crippen molar-refractivity contribution < 1.29 is 4.39 Å². The fourth-order valence-corrected chi connectivity index (χ4v) is 3.55. The number of H-pyrrole nitrogens is 1. The average Bonchev–Trinajstić information content (AvgIpc) is 2.63. The molecule has 1 N–H and O–H groups in total. The molecule has 0 saturated heterocycles. The number of halogens is 2. The molecular formula is C22H17ClFN3O. The van der Waals surface area contributed by atoms with E-state index >= 15 is 0 Å². The Balaban J connectivity index is 1.65. The van der Waals surface area contributed by atoms with E-state index in [4.69, 9.17) is 11.6 Å². The molecule has 28 heavy (non-hydrogen) atoms. The zero-order valence-electron chi connectivity index (χ0n) is 15.4. The molecule has 0 amide bonds. The lowest BCUT2D eigenvalue weighted by molar-refractivity contribution is 0.627. The molecule has 0 fully saturated rings. The summed E-state index contributed by atoms with van der Waals surface area (Å²) in [4.78, 5) is 24.2. The molecule has 0 bridgehead atoms. The summed E-state index contributed by atoms with van der Waals surface area (Å²) in [7, 11) is 0. The minimum atomic E-state index is -0.283. The van der Waals surface area contributed by atoms with Crippen LogP contribution in [0, 0.1) is 19.7 Å². The summed E-state index contributed by atoms with van der Waals surface area (Å²) in [5.74, 6) is 0.272. The lowest BCUT2D eigenvalue weighted by atomic mass is 10.1. The maximum absolute atomic E-state index is 13.6. The van der Waals surface area contributed by atoms with Gasteiger partial charge in [0.15, 0.2) is 0 Å². The highest BCUT2D eigenvalue weighted by Crippen LogP contribution is 2.22. The fourth-order valence-electron chi connectivity index (χ4n) is 3.28. The smallest absolute Gasteiger partial charge is 0.258 e. The van der Waals surface area contributed by atoms with Crippen molar-refractivity contribution in [3.8, 4) is 11.3 Å². The van der Waals surface area contributed by atoms with E-state index in [2.05, 4.69) is 15.0 Å². The van der Waals surface area contributed by atoms with E-state index in [0.29, 0.717) is 33.9 Å². The van der Waals surface area contributed by atoms with Gasteiger partial charge < -0.3 is 4.98 Å². The number of hydrogen-bond acceptors (Lipinski definition) is 3. The molecule has 0 aliphatic carbocycles. The number of rotatable bonds is 3. The Morgan fingerprint density at radius 3 is 2.64 bits per heavy atom. The number of aromatic nitrogens is 3. The van der Waals surface area contributed by atoms with Gasteiger partial charge in [0.1, 0.15) is 11.6 Å². The van der Waals surface area contributed by atoms with Crippen molar-refractivity contribution in [1.29, 1.82) is 0 Å². The number of aryl methyl sites for hydroxylation is 2. The summed E-state index contributed by atoms with van der Waals surface area (Å²) in [6.07, 6.45) is 2.15. The van der Waals surface area contributed by atoms with Crippen LogP contribution in [-0.2, 0) is 6.42 Å². The topological polar surface area (TPSA) is 58.6 Å². The van der Waals surface area contributed by atoms with Crippen molar-refractivity contribution >= 4 is 22.5 Å². The first-order valence-electron chi connectivity index (χ1n) is 8.80. The Bertz CT molecular complexity index is 1230. The van der Waals surface area contributed by atoms with Crippen LogP contribution in [0.15, 0.2) is 53.5 Å². The van der Waals surface area contributed by atoms with Gasteiger partial charge in [0.2, 0.25) is 0 Å². The van der Waals surface area contributed by atoms with Crippen LogP contribution in [0.3, 0.4) is 0 Å². The number of pyridine rings is 1. The Morgan fingerprint density at radius 1 is 1.11 bits per heavy atom. The van der Waals surface area contributed by atoms with Crippen LogP contribution < -0.4 is 5.56 Å². The molecule has 2 aromatic heterocycles. The van der Waals surface area contributed by atoms with Crippen molar-refractivity contribution in [2.45, 2.75) is 20.3 Å². The monoisotopic (exact) mass is 393 g/mol. The van der Waals surface area contributed by atoms with E-state index < -0.39 is 0 Å². The summed E-state index contributed by atoms with van der Waals surface area (Å²) in [6, 6.07) is 12.0. The van der Waals surface area contributed by atoms with Crippen LogP contribution in [0.4, 0.5) is 4.39 Å². The molecule has 0 spiro atoms. The normalized spacial score (nSPS) is 11.1. The highest BCUT2D eigenvalue weighted by Gasteiger charge is 2.09. The van der Waals surface area contributed by atoms with Gasteiger partial charge >= 0.3 is 0 Å². The molecule has 2 heterocycles. The van der Waals surface area contributed by atoms with Gasteiger partial charge in [-0.3, -0.25) is 9.78 Å². The molecule has 0 atom stereocenters. The second-order valence-corrected chi connectivity index (χ2v) is 7.31. The van der Waals surface area contributed by atoms with Crippen molar-refractivity contribution in [3.63, 3.8) is 0 Å². The van der Waals surface area contributed by atoms with Crippen LogP contribution >= 0.6 is 11.6 Å². The van der Waals surface area contributed by atoms with E-state index in [0.717, 1.165) is 22.3 Å². The first kappa shape index (κ1) is 18.3. The van der Waals surface area contributed by atoms with Crippen molar-refractivity contribution in [2.24, 2.45) is 0 Å². The summed E-state index contributed by atoms with van der Waals surface area (Å²) >= 11 is 6.04. The third-order valence-electron chi connectivity index (χ3n) is 4.55. The summed E-state index contributed by atoms with van der Waals surface area (Å²) < 4.78 is 13.6. The van der Waals surface area contributed by atoms with Gasteiger partial charge in [-0.05, 0) is 66.9 Å². The summed E-state index contributed by atoms with van der Waals surface area (Å²) in [5.41, 5.74) is 4.43. The highest BCUT2D eigenvalue weighted by atomic mass is 35.5. The summed E-state index contributed by atoms with van der Waals surface area (Å²) in [5, 5.41) is 0.987. The van der Waals surface area contributed by atoms with Crippen LogP contribution in [0.5, 0.6) is 0 Å². The Hall–Kier alpha value is -3.05. The van der Waals surface area contributed by atoms with E-state index in [-0.39, 0.29) is 11.4 Å². The van der Waals surface area contributed by atoms with Crippen LogP contribution in [0.1, 0.15) is 22.5 Å². The number of hydrogen-bond donors (Lipinski definition) is 1. The molecule has 2 aromatic carbocycles. The molecule has 4 rings (SSSR count). The number of benzene rings is 2. The van der Waals surface area contributed by atoms with Gasteiger partial charge in [-0.25, -0.2) is 9.37 Å². The van der Waals surface area contributed by atoms with Crippen LogP contribution in [-0.4, -0.2) is 15.0 Å². The van der Waals surface area contributed by atoms with Crippen molar-refractivity contribution in [1.82, 2.24) is 15.0 Å². The largest absolute Gasteiger partial charge is 0.310 e. The zero-order valence-corrected chi connectivity index (χ0v) is 16.1. The Morgan fingerprint density at radius 2 is 1.93 bits per heavy atom. The Labute approximate surface area is 166 Å². The van der Waals surface area contributed by atoms with E-state index in [9.17, 15) is 9.18 Å². The van der Waals surface area contributed by atoms with Crippen molar-refractivity contribution in [2.75, 3.05) is 0 Å². The maximum Gasteiger partial charge on any atom is 0.258 e. The molecule has 0 saturated carbocycles. The van der Waals surface area contributed by atoms with E-state index in [1.54, 1.807) is 18.3 Å². The molecule has 0 aliphatic heterocycles. The van der Waals surface area contributed by atoms with Gasteiger partial charge in [-0.2, -0.15) is 0 Å². The van der Waals surface area contributed by atoms with Gasteiger partial charge in [0, 0.05) is 23.2 Å². The predicted octanol–water partition coefficient (Wildman–Crippen LogP) is 4.99. The van der Waals surface area contributed by atoms with Gasteiger partial charge in [-0.1, -0.05) is 17.7 Å². The summed E-state index contributed by atoms with van der Waals surface area (Å²) in [6.45, 7) is 3.72. The SMILES string of the molecule is Cc1cc(F)cc(-c2ccc(Cc3nc4c(C)cc(Cl)cc4c(=O)[nH]3)cn2)c1. The number of nitrogens with one attached hydrogen (secondary N) is 1. The predicted molar refractivity (Wildman–Crippen MR) is 109 cm³/mol. The standard InChI is InChI=1S/C22H17ClFN3O/c1-12-5-15(9-17(24)6-12)19-4-3-14(11-25-19)8-20-26-21-13(2)7-16(23)10-18(21)22(28)27-20/h3-7,9-11H,8H2,1-2H3,(H,26,27,28). The van der Waals surface area contributed by atoms with E-state index in [1.165, 1.54) is 12.1 Å². The number of aromatic amines is 1. The second kappa shape index (κ2) is 7.17. The highest BCUT2D eigenvalue weighted by molar-refractivity contribution is 6.31. The fraction of sp³-hybridized carbons (Fsp3) is 0.136. The van der Waals surface area contributed by atoms with E-state index in [1.807, 2.05) is 32.0 Å². The lowest BCUT2D eigenvalue weighted by Gasteiger charge is -2.07. The Kier molecular flexibility index (Phi) is 4.69. The molecule has 0 radical (unpaired) electrons. The third-order valence-corrected chi connectivity index (χ3v) is 4.77.